The lowest BCUT2D eigenvalue weighted by molar-refractivity contribution is -0.384. The molecule has 0 radical (unpaired) electrons. The molecule has 0 atom stereocenters. The van der Waals surface area contributed by atoms with E-state index in [0.29, 0.717) is 13.2 Å². The van der Waals surface area contributed by atoms with Gasteiger partial charge in [-0.2, -0.15) is 0 Å². The van der Waals surface area contributed by atoms with Gasteiger partial charge in [-0.1, -0.05) is 19.9 Å². The van der Waals surface area contributed by atoms with Crippen LogP contribution in [0, 0.1) is 15.5 Å². The minimum Gasteiger partial charge on any atom is -0.477 e. The normalized spacial score (nSPS) is 11.2. The second-order valence-corrected chi connectivity index (χ2v) is 5.52. The number of carboxylic acids is 1. The highest BCUT2D eigenvalue weighted by molar-refractivity contribution is 5.95. The Morgan fingerprint density at radius 2 is 2.14 bits per heavy atom. The van der Waals surface area contributed by atoms with Crippen LogP contribution in [0.1, 0.15) is 30.6 Å². The topological polar surface area (TPSA) is 102 Å². The maximum atomic E-state index is 11.1. The number of ether oxygens (including phenoxy) is 1. The number of benzene rings is 1. The van der Waals surface area contributed by atoms with Gasteiger partial charge in [0.2, 0.25) is 0 Å². The lowest BCUT2D eigenvalue weighted by atomic mass is 9.89. The number of hydrogen-bond donors (Lipinski definition) is 2. The summed E-state index contributed by atoms with van der Waals surface area (Å²) in [7, 11) is 1.62. The molecular formula is C14H20N2O5. The SMILES string of the molecule is COCCC(C)(C)CNc1cccc(C(=O)O)c1[N+](=O)[O-]. The minimum atomic E-state index is -1.32. The number of para-hydroxylation sites is 1. The second kappa shape index (κ2) is 7.03. The van der Waals surface area contributed by atoms with E-state index in [-0.39, 0.29) is 16.7 Å². The van der Waals surface area contributed by atoms with Gasteiger partial charge in [-0.15, -0.1) is 0 Å². The van der Waals surface area contributed by atoms with Crippen molar-refractivity contribution < 1.29 is 19.6 Å². The van der Waals surface area contributed by atoms with E-state index in [1.807, 2.05) is 13.8 Å². The first-order valence-corrected chi connectivity index (χ1v) is 6.52. The molecule has 7 nitrogen and oxygen atoms in total. The summed E-state index contributed by atoms with van der Waals surface area (Å²) < 4.78 is 5.03. The summed E-state index contributed by atoms with van der Waals surface area (Å²) in [5.74, 6) is -1.32. The molecule has 21 heavy (non-hydrogen) atoms. The molecule has 0 aliphatic carbocycles. The van der Waals surface area contributed by atoms with E-state index < -0.39 is 16.6 Å². The Balaban J connectivity index is 2.96. The van der Waals surface area contributed by atoms with Crippen molar-refractivity contribution in [1.29, 1.82) is 0 Å². The Kier molecular flexibility index (Phi) is 5.66. The van der Waals surface area contributed by atoms with E-state index in [1.54, 1.807) is 7.11 Å². The third-order valence-electron chi connectivity index (χ3n) is 3.19. The molecule has 0 amide bonds. The van der Waals surface area contributed by atoms with E-state index in [9.17, 15) is 14.9 Å². The smallest absolute Gasteiger partial charge is 0.342 e. The van der Waals surface area contributed by atoms with Gasteiger partial charge in [0, 0.05) is 20.3 Å². The molecule has 0 aliphatic heterocycles. The molecule has 1 aromatic rings. The fraction of sp³-hybridized carbons (Fsp3) is 0.500. The molecule has 0 aromatic heterocycles. The van der Waals surface area contributed by atoms with Crippen LogP contribution in [0.25, 0.3) is 0 Å². The number of aromatic carboxylic acids is 1. The van der Waals surface area contributed by atoms with Gasteiger partial charge in [0.1, 0.15) is 11.3 Å². The first-order valence-electron chi connectivity index (χ1n) is 6.52. The number of anilines is 1. The maximum Gasteiger partial charge on any atom is 0.342 e. The van der Waals surface area contributed by atoms with E-state index in [4.69, 9.17) is 9.84 Å². The van der Waals surface area contributed by atoms with Crippen molar-refractivity contribution in [3.05, 3.63) is 33.9 Å². The summed E-state index contributed by atoms with van der Waals surface area (Å²) in [6, 6.07) is 4.22. The quantitative estimate of drug-likeness (QED) is 0.565. The molecule has 0 unspecified atom stereocenters. The summed E-state index contributed by atoms with van der Waals surface area (Å²) in [5.41, 5.74) is -0.652. The first-order chi connectivity index (χ1) is 9.78. The zero-order valence-electron chi connectivity index (χ0n) is 12.4. The number of carboxylic acid groups (broad SMARTS) is 1. The predicted octanol–water partition coefficient (Wildman–Crippen LogP) is 2.77. The Hall–Kier alpha value is -2.15. The van der Waals surface area contributed by atoms with Gasteiger partial charge in [-0.05, 0) is 24.0 Å². The monoisotopic (exact) mass is 296 g/mol. The molecule has 0 saturated carbocycles. The highest BCUT2D eigenvalue weighted by Crippen LogP contribution is 2.30. The van der Waals surface area contributed by atoms with Gasteiger partial charge in [0.05, 0.1) is 4.92 Å². The molecule has 1 aromatic carbocycles. The summed E-state index contributed by atoms with van der Waals surface area (Å²) in [6.07, 6.45) is 0.781. The Morgan fingerprint density at radius 3 is 2.67 bits per heavy atom. The van der Waals surface area contributed by atoms with Gasteiger partial charge in [0.25, 0.3) is 0 Å². The van der Waals surface area contributed by atoms with E-state index in [0.717, 1.165) is 6.42 Å². The zero-order chi connectivity index (χ0) is 16.0. The van der Waals surface area contributed by atoms with Gasteiger partial charge in [-0.25, -0.2) is 4.79 Å². The van der Waals surface area contributed by atoms with Crippen molar-refractivity contribution >= 4 is 17.3 Å². The standard InChI is InChI=1S/C14H20N2O5/c1-14(2,7-8-21-3)9-15-11-6-4-5-10(13(17)18)12(11)16(19)20/h4-6,15H,7-9H2,1-3H3,(H,17,18). The molecule has 0 saturated heterocycles. The minimum absolute atomic E-state index is 0.136. The van der Waals surface area contributed by atoms with Crippen LogP contribution in [0.4, 0.5) is 11.4 Å². The van der Waals surface area contributed by atoms with Crippen LogP contribution in [0.2, 0.25) is 0 Å². The fourth-order valence-corrected chi connectivity index (χ4v) is 1.86. The van der Waals surface area contributed by atoms with Crippen LogP contribution in [-0.2, 0) is 4.74 Å². The van der Waals surface area contributed by atoms with Crippen LogP contribution in [-0.4, -0.2) is 36.3 Å². The summed E-state index contributed by atoms with van der Waals surface area (Å²) >= 11 is 0. The molecule has 0 bridgehead atoms. The average Bonchev–Trinajstić information content (AvgIpc) is 2.42. The van der Waals surface area contributed by atoms with Crippen LogP contribution >= 0.6 is 0 Å². The average molecular weight is 296 g/mol. The van der Waals surface area contributed by atoms with Crippen molar-refractivity contribution in [3.63, 3.8) is 0 Å². The Bertz CT molecular complexity index is 528. The molecule has 0 spiro atoms. The van der Waals surface area contributed by atoms with Crippen LogP contribution in [0.15, 0.2) is 18.2 Å². The molecule has 0 fully saturated rings. The number of rotatable bonds is 8. The van der Waals surface area contributed by atoms with Gasteiger partial charge >= 0.3 is 11.7 Å². The molecule has 0 aliphatic rings. The van der Waals surface area contributed by atoms with E-state index >= 15 is 0 Å². The number of nitro benzene ring substituents is 1. The largest absolute Gasteiger partial charge is 0.477 e. The highest BCUT2D eigenvalue weighted by atomic mass is 16.6. The van der Waals surface area contributed by atoms with Gasteiger partial charge in [0.15, 0.2) is 0 Å². The van der Waals surface area contributed by atoms with Gasteiger partial charge < -0.3 is 15.2 Å². The molecule has 1 rings (SSSR count). The number of methoxy groups -OCH3 is 1. The fourth-order valence-electron chi connectivity index (χ4n) is 1.86. The Labute approximate surface area is 123 Å². The maximum absolute atomic E-state index is 11.1. The number of carbonyl (C=O) groups is 1. The highest BCUT2D eigenvalue weighted by Gasteiger charge is 2.25. The molecular weight excluding hydrogens is 276 g/mol. The number of nitrogens with zero attached hydrogens (tertiary/aromatic N) is 1. The second-order valence-electron chi connectivity index (χ2n) is 5.52. The van der Waals surface area contributed by atoms with E-state index in [1.165, 1.54) is 18.2 Å². The summed E-state index contributed by atoms with van der Waals surface area (Å²) in [5, 5.41) is 23.1. The van der Waals surface area contributed by atoms with Crippen molar-refractivity contribution in [2.24, 2.45) is 5.41 Å². The molecule has 0 heterocycles. The number of nitro groups is 1. The molecule has 116 valence electrons. The molecule has 7 heteroatoms. The van der Waals surface area contributed by atoms with Crippen LogP contribution < -0.4 is 5.32 Å². The summed E-state index contributed by atoms with van der Waals surface area (Å²) in [4.78, 5) is 21.5. The molecule has 2 N–H and O–H groups in total. The van der Waals surface area contributed by atoms with Crippen molar-refractivity contribution in [2.45, 2.75) is 20.3 Å². The third-order valence-corrected chi connectivity index (χ3v) is 3.19. The van der Waals surface area contributed by atoms with Gasteiger partial charge in [-0.3, -0.25) is 10.1 Å². The predicted molar refractivity (Wildman–Crippen MR) is 78.8 cm³/mol. The Morgan fingerprint density at radius 1 is 1.48 bits per heavy atom. The number of nitrogens with one attached hydrogen (secondary N) is 1. The van der Waals surface area contributed by atoms with Crippen LogP contribution in [0.3, 0.4) is 0 Å². The van der Waals surface area contributed by atoms with Crippen molar-refractivity contribution in [2.75, 3.05) is 25.6 Å². The lowest BCUT2D eigenvalue weighted by Crippen LogP contribution is -2.25. The first kappa shape index (κ1) is 16.9. The summed E-state index contributed by atoms with van der Waals surface area (Å²) in [6.45, 7) is 5.07. The van der Waals surface area contributed by atoms with E-state index in [2.05, 4.69) is 5.32 Å². The third kappa shape index (κ3) is 4.71. The lowest BCUT2D eigenvalue weighted by Gasteiger charge is -2.25. The van der Waals surface area contributed by atoms with Crippen molar-refractivity contribution in [3.8, 4) is 0 Å². The van der Waals surface area contributed by atoms with Crippen LogP contribution in [0.5, 0.6) is 0 Å². The zero-order valence-corrected chi connectivity index (χ0v) is 12.4. The number of hydrogen-bond acceptors (Lipinski definition) is 5. The van der Waals surface area contributed by atoms with Crippen molar-refractivity contribution in [1.82, 2.24) is 0 Å².